The smallest absolute Gasteiger partial charge is 0.237 e. The molecule has 1 atom stereocenters. The van der Waals surface area contributed by atoms with Crippen molar-refractivity contribution in [2.75, 3.05) is 7.11 Å². The largest absolute Gasteiger partial charge is 0.758 e. The minimum atomic E-state index is -0.778. The van der Waals surface area contributed by atoms with Crippen LogP contribution in [0.1, 0.15) is 22.0 Å². The second kappa shape index (κ2) is 9.19. The van der Waals surface area contributed by atoms with E-state index < -0.39 is 11.9 Å². The Morgan fingerprint density at radius 3 is 2.32 bits per heavy atom. The van der Waals surface area contributed by atoms with Crippen molar-refractivity contribution < 1.29 is 18.5 Å². The first-order valence-corrected chi connectivity index (χ1v) is 9.09. The number of aromatic nitrogens is 1. The summed E-state index contributed by atoms with van der Waals surface area (Å²) in [7, 11) is 1.61. The quantitative estimate of drug-likeness (QED) is 0.202. The van der Waals surface area contributed by atoms with Crippen LogP contribution in [-0.2, 0) is 19.2 Å². The van der Waals surface area contributed by atoms with Crippen LogP contribution in [0, 0.1) is 5.82 Å². The Balaban J connectivity index is 1.89. The highest BCUT2D eigenvalue weighted by atomic mass is 32.1. The highest BCUT2D eigenvalue weighted by molar-refractivity contribution is 7.77. The van der Waals surface area contributed by atoms with Crippen LogP contribution in [0.15, 0.2) is 84.1 Å². The molecule has 1 heterocycles. The number of carbonyl (C=O) groups excluding carboxylic acids is 1. The molecule has 0 radical (unpaired) electrons. The average molecular weight is 394 g/mol. The maximum absolute atomic E-state index is 13.2. The lowest BCUT2D eigenvalue weighted by Gasteiger charge is -2.18. The molecule has 28 heavy (non-hydrogen) atoms. The normalized spacial score (nSPS) is 12.4. The number of Topliss-reactive ketones (excluding diaryl/α,β-unsaturated/α-hetero) is 1. The van der Waals surface area contributed by atoms with Gasteiger partial charge >= 0.3 is 0 Å². The number of aliphatic imine (C=N–C) groups is 1. The number of rotatable bonds is 7. The highest BCUT2D eigenvalue weighted by Crippen LogP contribution is 2.15. The molecular weight excluding hydrogens is 375 g/mol. The predicted molar refractivity (Wildman–Crippen MR) is 108 cm³/mol. The van der Waals surface area contributed by atoms with Gasteiger partial charge in [0, 0.05) is 17.7 Å². The lowest BCUT2D eigenvalue weighted by molar-refractivity contribution is -0.691. The van der Waals surface area contributed by atoms with Crippen molar-refractivity contribution in [3.8, 4) is 5.75 Å². The van der Waals surface area contributed by atoms with Crippen molar-refractivity contribution in [3.63, 3.8) is 0 Å². The van der Waals surface area contributed by atoms with Gasteiger partial charge < -0.3 is 22.4 Å². The molecule has 0 aliphatic rings. The third kappa shape index (κ3) is 4.78. The fourth-order valence-electron chi connectivity index (χ4n) is 2.72. The Morgan fingerprint density at radius 2 is 1.71 bits per heavy atom. The fraction of sp³-hybridized carbons (Fsp3) is 0.136. The van der Waals surface area contributed by atoms with Gasteiger partial charge in [0.05, 0.1) is 13.7 Å². The highest BCUT2D eigenvalue weighted by Gasteiger charge is 2.28. The molecule has 0 N–H and O–H groups in total. The maximum Gasteiger partial charge on any atom is 0.237 e. The summed E-state index contributed by atoms with van der Waals surface area (Å²) >= 11 is 5.50. The molecule has 142 valence electrons. The van der Waals surface area contributed by atoms with Crippen LogP contribution < -0.4 is 9.30 Å². The number of pyridine rings is 1. The van der Waals surface area contributed by atoms with E-state index in [-0.39, 0.29) is 10.8 Å². The number of carbonyl (C=O) groups is 1. The number of ether oxygens (including phenoxy) is 1. The molecule has 0 spiro atoms. The van der Waals surface area contributed by atoms with E-state index in [4.69, 9.17) is 17.4 Å². The van der Waals surface area contributed by atoms with Crippen LogP contribution in [0.4, 0.5) is 4.39 Å². The van der Waals surface area contributed by atoms with Gasteiger partial charge in [-0.15, -0.1) is 0 Å². The first-order chi connectivity index (χ1) is 13.6. The number of nitrogens with zero attached hydrogens (tertiary/aromatic N) is 2. The summed E-state index contributed by atoms with van der Waals surface area (Å²) in [5.41, 5.74) is 1.33. The van der Waals surface area contributed by atoms with Crippen molar-refractivity contribution in [2.45, 2.75) is 12.6 Å². The van der Waals surface area contributed by atoms with Crippen molar-refractivity contribution in [2.24, 2.45) is 4.99 Å². The van der Waals surface area contributed by atoms with E-state index in [1.54, 1.807) is 24.1 Å². The molecule has 4 nitrogen and oxygen atoms in total. The van der Waals surface area contributed by atoms with Gasteiger partial charge in [-0.2, -0.15) is 4.57 Å². The third-order valence-electron chi connectivity index (χ3n) is 4.22. The molecule has 0 saturated carbocycles. The minimum Gasteiger partial charge on any atom is -0.758 e. The molecule has 0 aliphatic heterocycles. The Kier molecular flexibility index (Phi) is 6.45. The minimum absolute atomic E-state index is 0.236. The van der Waals surface area contributed by atoms with Gasteiger partial charge in [0.15, 0.2) is 12.4 Å². The number of hydrogen-bond acceptors (Lipinski definition) is 4. The van der Waals surface area contributed by atoms with Gasteiger partial charge in [-0.3, -0.25) is 4.79 Å². The van der Waals surface area contributed by atoms with Crippen molar-refractivity contribution in [1.82, 2.24) is 0 Å². The Labute approximate surface area is 168 Å². The summed E-state index contributed by atoms with van der Waals surface area (Å²) in [6.07, 6.45) is 3.53. The zero-order valence-corrected chi connectivity index (χ0v) is 16.1. The summed E-state index contributed by atoms with van der Waals surface area (Å²) in [6, 6.07) is 17.6. The number of halogens is 1. The first-order valence-electron chi connectivity index (χ1n) is 8.68. The Morgan fingerprint density at radius 1 is 1.07 bits per heavy atom. The molecule has 0 saturated heterocycles. The van der Waals surface area contributed by atoms with Gasteiger partial charge in [-0.25, -0.2) is 4.39 Å². The molecule has 0 aliphatic carbocycles. The van der Waals surface area contributed by atoms with Crippen LogP contribution in [-0.4, -0.2) is 17.9 Å². The molecule has 3 rings (SSSR count). The topological polar surface area (TPSA) is 42.5 Å². The monoisotopic (exact) mass is 394 g/mol. The number of hydrogen-bond donors (Lipinski definition) is 0. The second-order valence-electron chi connectivity index (χ2n) is 6.10. The molecular formula is C22H19FN2O2S. The third-order valence-corrected chi connectivity index (χ3v) is 4.58. The molecule has 2 aromatic carbocycles. The van der Waals surface area contributed by atoms with Gasteiger partial charge in [0.1, 0.15) is 11.6 Å². The standard InChI is InChI=1S/C22H19FN2O2S/c1-27-19-11-5-16(6-12-19)15-24-22(28)20(25-13-3-2-4-14-25)21(26)17-7-9-18(23)10-8-17/h2-14,20H,15H2,1H3. The SMILES string of the molecule is COc1ccc(CN=C([S-])C(C(=O)c2ccc(F)cc2)[n+]2ccccc2)cc1. The van der Waals surface area contributed by atoms with Crippen molar-refractivity contribution in [3.05, 3.63) is 96.1 Å². The maximum atomic E-state index is 13.2. The van der Waals surface area contributed by atoms with Crippen LogP contribution in [0.3, 0.4) is 0 Å². The molecule has 1 unspecified atom stereocenters. The lowest BCUT2D eigenvalue weighted by Crippen LogP contribution is -2.47. The fourth-order valence-corrected chi connectivity index (χ4v) is 3.01. The van der Waals surface area contributed by atoms with Crippen LogP contribution in [0.5, 0.6) is 5.75 Å². The molecule has 6 heteroatoms. The van der Waals surface area contributed by atoms with Crippen LogP contribution >= 0.6 is 0 Å². The lowest BCUT2D eigenvalue weighted by atomic mass is 10.0. The number of ketones is 1. The summed E-state index contributed by atoms with van der Waals surface area (Å²) in [5, 5.41) is 0.265. The van der Waals surface area contributed by atoms with Gasteiger partial charge in [0.25, 0.3) is 0 Å². The van der Waals surface area contributed by atoms with E-state index in [9.17, 15) is 9.18 Å². The molecule has 3 aromatic rings. The summed E-state index contributed by atoms with van der Waals surface area (Å²) in [5.74, 6) is 0.127. The van der Waals surface area contributed by atoms with Crippen LogP contribution in [0.25, 0.3) is 0 Å². The van der Waals surface area contributed by atoms with E-state index in [2.05, 4.69) is 4.99 Å². The van der Waals surface area contributed by atoms with Gasteiger partial charge in [-0.1, -0.05) is 18.2 Å². The molecule has 0 fully saturated rings. The van der Waals surface area contributed by atoms with E-state index >= 15 is 0 Å². The summed E-state index contributed by atoms with van der Waals surface area (Å²) in [6.45, 7) is 0.351. The Hall–Kier alpha value is -3.12. The van der Waals surface area contributed by atoms with E-state index in [0.29, 0.717) is 12.1 Å². The zero-order valence-electron chi connectivity index (χ0n) is 15.3. The van der Waals surface area contributed by atoms with Gasteiger partial charge in [-0.05, 0) is 47.0 Å². The number of methoxy groups -OCH3 is 1. The van der Waals surface area contributed by atoms with E-state index in [0.717, 1.165) is 11.3 Å². The van der Waals surface area contributed by atoms with E-state index in [1.807, 2.05) is 42.5 Å². The van der Waals surface area contributed by atoms with Gasteiger partial charge in [0.2, 0.25) is 11.8 Å². The van der Waals surface area contributed by atoms with Crippen LogP contribution in [0.2, 0.25) is 0 Å². The van der Waals surface area contributed by atoms with E-state index in [1.165, 1.54) is 24.3 Å². The first kappa shape index (κ1) is 19.6. The average Bonchev–Trinajstić information content (AvgIpc) is 2.74. The summed E-state index contributed by atoms with van der Waals surface area (Å²) in [4.78, 5) is 17.6. The molecule has 0 bridgehead atoms. The Bertz CT molecular complexity index is 958. The summed E-state index contributed by atoms with van der Waals surface area (Å²) < 4.78 is 20.1. The predicted octanol–water partition coefficient (Wildman–Crippen LogP) is 3.69. The van der Waals surface area contributed by atoms with Crippen molar-refractivity contribution in [1.29, 1.82) is 0 Å². The second-order valence-corrected chi connectivity index (χ2v) is 6.52. The molecule has 1 aromatic heterocycles. The number of benzene rings is 2. The zero-order chi connectivity index (χ0) is 19.9. The molecule has 0 amide bonds. The van der Waals surface area contributed by atoms with Crippen molar-refractivity contribution >= 4 is 23.5 Å².